The third-order valence-electron chi connectivity index (χ3n) is 5.69. The number of rotatable bonds is 12. The number of ether oxygens (including phenoxy) is 4. The van der Waals surface area contributed by atoms with Crippen molar-refractivity contribution in [2.45, 2.75) is 69.2 Å². The van der Waals surface area contributed by atoms with Crippen LogP contribution in [-0.4, -0.2) is 51.3 Å². The first-order valence-corrected chi connectivity index (χ1v) is 12.5. The molecule has 2 unspecified atom stereocenters. The van der Waals surface area contributed by atoms with E-state index in [2.05, 4.69) is 13.2 Å². The summed E-state index contributed by atoms with van der Waals surface area (Å²) in [6.07, 6.45) is 3.57. The zero-order valence-corrected chi connectivity index (χ0v) is 25.4. The van der Waals surface area contributed by atoms with Crippen LogP contribution < -0.4 is 0 Å². The van der Waals surface area contributed by atoms with Crippen molar-refractivity contribution in [1.82, 2.24) is 0 Å². The van der Waals surface area contributed by atoms with Crippen LogP contribution in [0.5, 0.6) is 0 Å². The van der Waals surface area contributed by atoms with Gasteiger partial charge in [-0.25, -0.2) is 0 Å². The van der Waals surface area contributed by atoms with Crippen molar-refractivity contribution in [3.05, 3.63) is 47.6 Å². The number of hydrogen-bond donors (Lipinski definition) is 0. The van der Waals surface area contributed by atoms with Gasteiger partial charge in [0.05, 0.1) is 50.1 Å². The van der Waals surface area contributed by atoms with Gasteiger partial charge in [0, 0.05) is 0 Å². The first-order valence-electron chi connectivity index (χ1n) is 12.5. The molecule has 0 amide bonds. The second-order valence-electron chi connectivity index (χ2n) is 10.3. The topological polar surface area (TPSA) is 105 Å². The Labute approximate surface area is 229 Å². The summed E-state index contributed by atoms with van der Waals surface area (Å²) in [5, 5.41) is 0. The molecule has 0 bridgehead atoms. The van der Waals surface area contributed by atoms with Gasteiger partial charge in [-0.2, -0.15) is 0 Å². The molecule has 0 N–H and O–H groups in total. The lowest BCUT2D eigenvalue weighted by Gasteiger charge is -2.30. The Kier molecular flexibility index (Phi) is 16.2. The molecule has 8 nitrogen and oxygen atoms in total. The second-order valence-corrected chi connectivity index (χ2v) is 10.3. The number of methoxy groups -OCH3 is 2. The molecule has 0 heterocycles. The van der Waals surface area contributed by atoms with Crippen LogP contribution in [0.15, 0.2) is 47.6 Å². The van der Waals surface area contributed by atoms with Crippen LogP contribution in [0.4, 0.5) is 0 Å². The van der Waals surface area contributed by atoms with Crippen molar-refractivity contribution >= 4 is 23.9 Å². The zero-order valence-electron chi connectivity index (χ0n) is 25.4. The fourth-order valence-electron chi connectivity index (χ4n) is 4.10. The van der Waals surface area contributed by atoms with Gasteiger partial charge in [0.15, 0.2) is 0 Å². The highest BCUT2D eigenvalue weighted by Gasteiger charge is 2.45. The normalized spacial score (nSPS) is 13.0. The Morgan fingerprint density at radius 1 is 0.711 bits per heavy atom. The molecular formula is C30H48O8. The Hall–Kier alpha value is -3.16. The number of esters is 4. The van der Waals surface area contributed by atoms with Gasteiger partial charge in [0.2, 0.25) is 0 Å². The Morgan fingerprint density at radius 3 is 1.39 bits per heavy atom. The van der Waals surface area contributed by atoms with Crippen LogP contribution in [0, 0.1) is 22.7 Å². The highest BCUT2D eigenvalue weighted by Crippen LogP contribution is 2.36. The van der Waals surface area contributed by atoms with Crippen LogP contribution in [-0.2, 0) is 38.1 Å². The van der Waals surface area contributed by atoms with E-state index >= 15 is 0 Å². The molecule has 0 aliphatic heterocycles. The van der Waals surface area contributed by atoms with Crippen LogP contribution in [0.3, 0.4) is 0 Å². The summed E-state index contributed by atoms with van der Waals surface area (Å²) >= 11 is 0. The number of carbonyl (C=O) groups excluding carboxylic acids is 4. The molecule has 0 fully saturated rings. The lowest BCUT2D eigenvalue weighted by molar-refractivity contribution is -0.163. The average Bonchev–Trinajstić information content (AvgIpc) is 2.77. The molecule has 0 aromatic carbocycles. The van der Waals surface area contributed by atoms with E-state index in [0.717, 1.165) is 16.7 Å². The standard InChI is InChI=1S/2C15H24O4/c2*1-8-19-13(16)12(11(4)9-10(2)3)15(5,6)14(17)18-7/h9,12H,4,8H2,1-3,5-7H3;9,12H,2,8H2,1,3-7H3/b;11-9+. The van der Waals surface area contributed by atoms with Gasteiger partial charge in [-0.1, -0.05) is 42.0 Å². The fourth-order valence-corrected chi connectivity index (χ4v) is 4.10. The van der Waals surface area contributed by atoms with Gasteiger partial charge in [0.25, 0.3) is 0 Å². The van der Waals surface area contributed by atoms with Gasteiger partial charge < -0.3 is 18.9 Å². The molecule has 0 aromatic heterocycles. The minimum Gasteiger partial charge on any atom is -0.469 e. The molecule has 0 aliphatic carbocycles. The van der Waals surface area contributed by atoms with E-state index in [4.69, 9.17) is 18.9 Å². The Bertz CT molecular complexity index is 930. The van der Waals surface area contributed by atoms with Crippen molar-refractivity contribution in [1.29, 1.82) is 0 Å². The SMILES string of the molecule is C=C(C)/C=C(\C)C(C(=O)OCC)C(C)(C)C(=O)OC.C=C(C=C(C)C)C(C(=O)OCC)C(C)(C)C(=O)OC. The molecule has 38 heavy (non-hydrogen) atoms. The predicted octanol–water partition coefficient (Wildman–Crippen LogP) is 5.77. The Balaban J connectivity index is 0. The summed E-state index contributed by atoms with van der Waals surface area (Å²) in [4.78, 5) is 48.0. The maximum absolute atomic E-state index is 12.1. The van der Waals surface area contributed by atoms with E-state index in [1.54, 1.807) is 60.6 Å². The maximum Gasteiger partial charge on any atom is 0.314 e. The summed E-state index contributed by atoms with van der Waals surface area (Å²) in [7, 11) is 2.61. The molecule has 0 aromatic rings. The van der Waals surface area contributed by atoms with E-state index in [1.165, 1.54) is 14.2 Å². The van der Waals surface area contributed by atoms with Gasteiger partial charge in [-0.3, -0.25) is 19.2 Å². The summed E-state index contributed by atoms with van der Waals surface area (Å²) in [6.45, 7) is 25.8. The van der Waals surface area contributed by atoms with Crippen LogP contribution >= 0.6 is 0 Å². The lowest BCUT2D eigenvalue weighted by atomic mass is 9.74. The molecule has 0 radical (unpaired) electrons. The minimum absolute atomic E-state index is 0.259. The molecule has 216 valence electrons. The van der Waals surface area contributed by atoms with Gasteiger partial charge in [-0.05, 0) is 74.8 Å². The number of allylic oxidation sites excluding steroid dienone is 4. The van der Waals surface area contributed by atoms with E-state index in [-0.39, 0.29) is 13.2 Å². The minimum atomic E-state index is -1.02. The highest BCUT2D eigenvalue weighted by atomic mass is 16.5. The third kappa shape index (κ3) is 11.1. The van der Waals surface area contributed by atoms with Crippen molar-refractivity contribution in [2.24, 2.45) is 22.7 Å². The zero-order chi connectivity index (χ0) is 30.4. The van der Waals surface area contributed by atoms with E-state index < -0.39 is 46.5 Å². The molecule has 0 saturated carbocycles. The predicted molar refractivity (Wildman–Crippen MR) is 149 cm³/mol. The highest BCUT2D eigenvalue weighted by molar-refractivity contribution is 5.88. The summed E-state index contributed by atoms with van der Waals surface area (Å²) in [6, 6.07) is 0. The van der Waals surface area contributed by atoms with Crippen LogP contribution in [0.1, 0.15) is 69.2 Å². The number of carbonyl (C=O) groups is 4. The van der Waals surface area contributed by atoms with Crippen molar-refractivity contribution in [2.75, 3.05) is 27.4 Å². The molecule has 0 aliphatic rings. The maximum atomic E-state index is 12.1. The van der Waals surface area contributed by atoms with Gasteiger partial charge >= 0.3 is 23.9 Å². The monoisotopic (exact) mass is 536 g/mol. The first kappa shape index (κ1) is 37.0. The molecule has 2 atom stereocenters. The van der Waals surface area contributed by atoms with Crippen LogP contribution in [0.2, 0.25) is 0 Å². The lowest BCUT2D eigenvalue weighted by Crippen LogP contribution is -2.40. The third-order valence-corrected chi connectivity index (χ3v) is 5.69. The molecule has 0 rings (SSSR count). The van der Waals surface area contributed by atoms with E-state index in [9.17, 15) is 19.2 Å². The van der Waals surface area contributed by atoms with Gasteiger partial charge in [-0.15, -0.1) is 0 Å². The van der Waals surface area contributed by atoms with E-state index in [1.807, 2.05) is 20.8 Å². The van der Waals surface area contributed by atoms with E-state index in [0.29, 0.717) is 5.57 Å². The first-order chi connectivity index (χ1) is 17.4. The quantitative estimate of drug-likeness (QED) is 0.176. The second kappa shape index (κ2) is 16.6. The van der Waals surface area contributed by atoms with Crippen molar-refractivity contribution < 1.29 is 38.1 Å². The largest absolute Gasteiger partial charge is 0.469 e. The fraction of sp³-hybridized carbons (Fsp3) is 0.600. The smallest absolute Gasteiger partial charge is 0.314 e. The molecule has 0 saturated heterocycles. The average molecular weight is 537 g/mol. The molecule has 8 heteroatoms. The van der Waals surface area contributed by atoms with Crippen LogP contribution in [0.25, 0.3) is 0 Å². The van der Waals surface area contributed by atoms with Crippen molar-refractivity contribution in [3.63, 3.8) is 0 Å². The summed E-state index contributed by atoms with van der Waals surface area (Å²) in [5.74, 6) is -3.23. The van der Waals surface area contributed by atoms with Crippen molar-refractivity contribution in [3.8, 4) is 0 Å². The summed E-state index contributed by atoms with van der Waals surface area (Å²) in [5.41, 5.74) is 1.09. The number of hydrogen-bond acceptors (Lipinski definition) is 8. The Morgan fingerprint density at radius 2 is 1.08 bits per heavy atom. The molecule has 0 spiro atoms. The summed E-state index contributed by atoms with van der Waals surface area (Å²) < 4.78 is 19.7. The van der Waals surface area contributed by atoms with Gasteiger partial charge in [0.1, 0.15) is 0 Å². The molecular weight excluding hydrogens is 488 g/mol.